The Kier molecular flexibility index (Phi) is 4.73. The van der Waals surface area contributed by atoms with Gasteiger partial charge in [-0.15, -0.1) is 0 Å². The zero-order chi connectivity index (χ0) is 14.6. The van der Waals surface area contributed by atoms with E-state index in [0.717, 1.165) is 25.0 Å². The van der Waals surface area contributed by atoms with Gasteiger partial charge in [0.1, 0.15) is 11.4 Å². The second-order valence-electron chi connectivity index (χ2n) is 5.46. The highest BCUT2D eigenvalue weighted by molar-refractivity contribution is 5.78. The Bertz CT molecular complexity index is 457. The number of hydrogen-bond donors (Lipinski definition) is 2. The lowest BCUT2D eigenvalue weighted by Gasteiger charge is -2.28. The molecule has 1 aliphatic rings. The molecule has 0 bridgehead atoms. The van der Waals surface area contributed by atoms with Gasteiger partial charge in [-0.2, -0.15) is 0 Å². The summed E-state index contributed by atoms with van der Waals surface area (Å²) in [4.78, 5) is 11.5. The monoisotopic (exact) mass is 281 g/mol. The highest BCUT2D eigenvalue weighted by Crippen LogP contribution is 2.17. The number of hydrogen-bond acceptors (Lipinski definition) is 3. The van der Waals surface area contributed by atoms with Gasteiger partial charge in [0.2, 0.25) is 0 Å². The number of aliphatic carboxylic acids is 1. The molecule has 5 heteroatoms. The minimum absolute atomic E-state index is 0.0851. The summed E-state index contributed by atoms with van der Waals surface area (Å²) in [6.45, 7) is 2.91. The van der Waals surface area contributed by atoms with Crippen molar-refractivity contribution in [2.75, 3.05) is 13.2 Å². The topological polar surface area (TPSA) is 58.6 Å². The predicted octanol–water partition coefficient (Wildman–Crippen LogP) is 1.98. The third-order valence-electron chi connectivity index (χ3n) is 3.69. The quantitative estimate of drug-likeness (QED) is 0.837. The van der Waals surface area contributed by atoms with Crippen LogP contribution in [0, 0.1) is 5.82 Å². The van der Waals surface area contributed by atoms with Gasteiger partial charge in [-0.25, -0.2) is 4.39 Å². The molecule has 2 unspecified atom stereocenters. The molecule has 0 aromatic heterocycles. The predicted molar refractivity (Wildman–Crippen MR) is 73.1 cm³/mol. The first-order chi connectivity index (χ1) is 9.49. The molecule has 1 heterocycles. The summed E-state index contributed by atoms with van der Waals surface area (Å²) in [7, 11) is 0. The maximum Gasteiger partial charge on any atom is 0.323 e. The highest BCUT2D eigenvalue weighted by Gasteiger charge is 2.34. The van der Waals surface area contributed by atoms with Crippen molar-refractivity contribution in [3.05, 3.63) is 35.6 Å². The van der Waals surface area contributed by atoms with Crippen LogP contribution in [0.1, 0.15) is 25.3 Å². The lowest BCUT2D eigenvalue weighted by Crippen LogP contribution is -2.53. The number of benzene rings is 1. The fourth-order valence-corrected chi connectivity index (χ4v) is 2.37. The molecule has 0 amide bonds. The molecule has 1 aromatic rings. The van der Waals surface area contributed by atoms with E-state index in [0.29, 0.717) is 13.0 Å². The molecule has 2 atom stereocenters. The van der Waals surface area contributed by atoms with Crippen LogP contribution < -0.4 is 5.32 Å². The van der Waals surface area contributed by atoms with Crippen molar-refractivity contribution in [2.24, 2.45) is 0 Å². The number of ether oxygens (including phenoxy) is 1. The second kappa shape index (κ2) is 6.33. The van der Waals surface area contributed by atoms with Crippen LogP contribution in [0.25, 0.3) is 0 Å². The molecule has 4 nitrogen and oxygen atoms in total. The fraction of sp³-hybridized carbons (Fsp3) is 0.533. The zero-order valence-corrected chi connectivity index (χ0v) is 11.6. The second-order valence-corrected chi connectivity index (χ2v) is 5.46. The summed E-state index contributed by atoms with van der Waals surface area (Å²) in [5.74, 6) is -1.24. The first-order valence-electron chi connectivity index (χ1n) is 6.84. The average molecular weight is 281 g/mol. The van der Waals surface area contributed by atoms with Gasteiger partial charge in [0, 0.05) is 19.6 Å². The van der Waals surface area contributed by atoms with Crippen molar-refractivity contribution < 1.29 is 19.0 Å². The molecule has 20 heavy (non-hydrogen) atoms. The van der Waals surface area contributed by atoms with Crippen LogP contribution >= 0.6 is 0 Å². The third kappa shape index (κ3) is 3.77. The van der Waals surface area contributed by atoms with Crippen LogP contribution in [-0.2, 0) is 16.0 Å². The molecule has 0 radical (unpaired) electrons. The van der Waals surface area contributed by atoms with Crippen LogP contribution in [0.2, 0.25) is 0 Å². The van der Waals surface area contributed by atoms with Gasteiger partial charge < -0.3 is 9.84 Å². The van der Waals surface area contributed by atoms with Crippen molar-refractivity contribution >= 4 is 5.97 Å². The molecule has 0 aliphatic carbocycles. The zero-order valence-electron chi connectivity index (χ0n) is 11.6. The van der Waals surface area contributed by atoms with E-state index >= 15 is 0 Å². The molecule has 0 saturated carbocycles. The normalized spacial score (nSPS) is 21.6. The van der Waals surface area contributed by atoms with E-state index in [9.17, 15) is 14.3 Å². The molecular formula is C15H20FNO3. The molecule has 1 fully saturated rings. The maximum atomic E-state index is 12.9. The van der Waals surface area contributed by atoms with Gasteiger partial charge in [0.15, 0.2) is 0 Å². The lowest BCUT2D eigenvalue weighted by molar-refractivity contribution is -0.144. The number of nitrogens with one attached hydrogen (secondary N) is 1. The Morgan fingerprint density at radius 3 is 2.75 bits per heavy atom. The number of rotatable bonds is 6. The van der Waals surface area contributed by atoms with Gasteiger partial charge in [0.05, 0.1) is 6.10 Å². The van der Waals surface area contributed by atoms with Crippen molar-refractivity contribution in [2.45, 2.75) is 37.8 Å². The summed E-state index contributed by atoms with van der Waals surface area (Å²) < 4.78 is 18.4. The van der Waals surface area contributed by atoms with Crippen LogP contribution in [0.4, 0.5) is 4.39 Å². The highest BCUT2D eigenvalue weighted by atomic mass is 19.1. The van der Waals surface area contributed by atoms with Gasteiger partial charge in [-0.05, 0) is 37.5 Å². The molecule has 2 rings (SSSR count). The van der Waals surface area contributed by atoms with E-state index in [1.54, 1.807) is 19.1 Å². The SMILES string of the molecule is CC(Cc1ccc(F)cc1)(NCC1CCCO1)C(=O)O. The first-order valence-corrected chi connectivity index (χ1v) is 6.84. The Labute approximate surface area is 117 Å². The lowest BCUT2D eigenvalue weighted by atomic mass is 9.92. The van der Waals surface area contributed by atoms with Crippen molar-refractivity contribution in [3.63, 3.8) is 0 Å². The van der Waals surface area contributed by atoms with Crippen molar-refractivity contribution in [1.29, 1.82) is 0 Å². The minimum atomic E-state index is -1.08. The summed E-state index contributed by atoms with van der Waals surface area (Å²) in [5.41, 5.74) is -0.291. The standard InChI is InChI=1S/C15H20FNO3/c1-15(14(18)19,17-10-13-3-2-8-20-13)9-11-4-6-12(16)7-5-11/h4-7,13,17H,2-3,8-10H2,1H3,(H,18,19). The first kappa shape index (κ1) is 14.9. The third-order valence-corrected chi connectivity index (χ3v) is 3.69. The summed E-state index contributed by atoms with van der Waals surface area (Å²) >= 11 is 0. The number of carboxylic acids is 1. The number of carboxylic acid groups (broad SMARTS) is 1. The molecule has 1 aromatic carbocycles. The van der Waals surface area contributed by atoms with Crippen LogP contribution in [-0.4, -0.2) is 35.9 Å². The minimum Gasteiger partial charge on any atom is -0.480 e. The average Bonchev–Trinajstić information content (AvgIpc) is 2.92. The Morgan fingerprint density at radius 2 is 2.20 bits per heavy atom. The van der Waals surface area contributed by atoms with Gasteiger partial charge in [-0.1, -0.05) is 12.1 Å². The summed E-state index contributed by atoms with van der Waals surface area (Å²) in [5, 5.41) is 12.5. The number of halogens is 1. The van der Waals surface area contributed by atoms with Crippen LogP contribution in [0.3, 0.4) is 0 Å². The van der Waals surface area contributed by atoms with E-state index in [2.05, 4.69) is 5.32 Å². The van der Waals surface area contributed by atoms with E-state index in [1.807, 2.05) is 0 Å². The van der Waals surface area contributed by atoms with E-state index < -0.39 is 11.5 Å². The summed E-state index contributed by atoms with van der Waals surface area (Å²) in [6, 6.07) is 5.92. The van der Waals surface area contributed by atoms with Gasteiger partial charge >= 0.3 is 5.97 Å². The molecule has 1 aliphatic heterocycles. The molecule has 2 N–H and O–H groups in total. The Balaban J connectivity index is 2.00. The summed E-state index contributed by atoms with van der Waals surface area (Å²) in [6.07, 6.45) is 2.37. The smallest absolute Gasteiger partial charge is 0.323 e. The van der Waals surface area contributed by atoms with Gasteiger partial charge in [0.25, 0.3) is 0 Å². The van der Waals surface area contributed by atoms with E-state index in [4.69, 9.17) is 4.74 Å². The Hall–Kier alpha value is -1.46. The van der Waals surface area contributed by atoms with Crippen LogP contribution in [0.5, 0.6) is 0 Å². The molecule has 1 saturated heterocycles. The maximum absolute atomic E-state index is 12.9. The molecular weight excluding hydrogens is 261 g/mol. The molecule has 0 spiro atoms. The van der Waals surface area contributed by atoms with Crippen molar-refractivity contribution in [3.8, 4) is 0 Å². The fourth-order valence-electron chi connectivity index (χ4n) is 2.37. The molecule has 110 valence electrons. The van der Waals surface area contributed by atoms with Crippen molar-refractivity contribution in [1.82, 2.24) is 5.32 Å². The van der Waals surface area contributed by atoms with E-state index in [-0.39, 0.29) is 11.9 Å². The van der Waals surface area contributed by atoms with Crippen LogP contribution in [0.15, 0.2) is 24.3 Å². The van der Waals surface area contributed by atoms with E-state index in [1.165, 1.54) is 12.1 Å². The van der Waals surface area contributed by atoms with Gasteiger partial charge in [-0.3, -0.25) is 10.1 Å². The Morgan fingerprint density at radius 1 is 1.50 bits per heavy atom. The number of carbonyl (C=O) groups is 1. The largest absolute Gasteiger partial charge is 0.480 e.